The summed E-state index contributed by atoms with van der Waals surface area (Å²) in [5, 5.41) is 0. The molecule has 0 aliphatic rings. The molecule has 5 heteroatoms. The van der Waals surface area contributed by atoms with E-state index in [1.54, 1.807) is 6.92 Å². The second kappa shape index (κ2) is 4.50. The molecule has 0 aliphatic carbocycles. The maximum Gasteiger partial charge on any atom is 0.339 e. The first-order valence-electron chi connectivity index (χ1n) is 3.88. The third kappa shape index (κ3) is 2.29. The van der Waals surface area contributed by atoms with Gasteiger partial charge in [-0.1, -0.05) is 0 Å². The Balaban J connectivity index is 3.13. The molecule has 0 spiro atoms. The molecule has 0 saturated heterocycles. The Bertz CT molecular complexity index is 366. The molecule has 0 atom stereocenters. The molecule has 1 aromatic carbocycles. The van der Waals surface area contributed by atoms with Gasteiger partial charge in [0, 0.05) is 6.07 Å². The largest absolute Gasteiger partial charge is 0.462 e. The predicted molar refractivity (Wildman–Crippen MR) is 50.0 cm³/mol. The van der Waals surface area contributed by atoms with Gasteiger partial charge in [0.15, 0.2) is 0 Å². The van der Waals surface area contributed by atoms with E-state index < -0.39 is 17.6 Å². The topological polar surface area (TPSA) is 26.3 Å². The van der Waals surface area contributed by atoms with E-state index in [0.717, 1.165) is 6.07 Å². The molecule has 1 aromatic rings. The minimum absolute atomic E-state index is 0.0858. The monoisotopic (exact) mass is 264 g/mol. The van der Waals surface area contributed by atoms with Crippen molar-refractivity contribution in [2.45, 2.75) is 6.92 Å². The predicted octanol–water partition coefficient (Wildman–Crippen LogP) is 2.90. The maximum atomic E-state index is 12.9. The van der Waals surface area contributed by atoms with E-state index >= 15 is 0 Å². The quantitative estimate of drug-likeness (QED) is 0.607. The minimum atomic E-state index is -0.826. The van der Waals surface area contributed by atoms with Gasteiger partial charge < -0.3 is 4.74 Å². The van der Waals surface area contributed by atoms with Gasteiger partial charge in [-0.25, -0.2) is 13.6 Å². The zero-order valence-corrected chi connectivity index (χ0v) is 8.90. The molecule has 14 heavy (non-hydrogen) atoms. The van der Waals surface area contributed by atoms with Gasteiger partial charge in [-0.05, 0) is 28.9 Å². The molecule has 1 rings (SSSR count). The third-order valence-corrected chi connectivity index (χ3v) is 2.29. The number of carbonyl (C=O) groups is 1. The van der Waals surface area contributed by atoms with Crippen LogP contribution in [0.5, 0.6) is 0 Å². The van der Waals surface area contributed by atoms with Crippen LogP contribution in [0.2, 0.25) is 0 Å². The van der Waals surface area contributed by atoms with Gasteiger partial charge in [-0.15, -0.1) is 0 Å². The highest BCUT2D eigenvalue weighted by atomic mass is 79.9. The molecular formula is C9H7BrF2O2. The highest BCUT2D eigenvalue weighted by molar-refractivity contribution is 9.10. The summed E-state index contributed by atoms with van der Waals surface area (Å²) < 4.78 is 30.2. The lowest BCUT2D eigenvalue weighted by atomic mass is 10.2. The summed E-state index contributed by atoms with van der Waals surface area (Å²) in [7, 11) is 0. The van der Waals surface area contributed by atoms with Crippen LogP contribution in [0.3, 0.4) is 0 Å². The van der Waals surface area contributed by atoms with E-state index in [2.05, 4.69) is 20.7 Å². The lowest BCUT2D eigenvalue weighted by Gasteiger charge is -2.04. The second-order valence-corrected chi connectivity index (χ2v) is 3.26. The van der Waals surface area contributed by atoms with Gasteiger partial charge in [0.2, 0.25) is 0 Å². The lowest BCUT2D eigenvalue weighted by molar-refractivity contribution is 0.0524. The van der Waals surface area contributed by atoms with Crippen molar-refractivity contribution in [1.29, 1.82) is 0 Å². The highest BCUT2D eigenvalue weighted by Gasteiger charge is 2.16. The first kappa shape index (κ1) is 11.1. The molecule has 0 saturated carbocycles. The molecule has 0 fully saturated rings. The first-order chi connectivity index (χ1) is 6.56. The van der Waals surface area contributed by atoms with Gasteiger partial charge in [0.25, 0.3) is 0 Å². The molecule has 0 aliphatic heterocycles. The van der Waals surface area contributed by atoms with Crippen molar-refractivity contribution in [1.82, 2.24) is 0 Å². The molecular weight excluding hydrogens is 258 g/mol. The summed E-state index contributed by atoms with van der Waals surface area (Å²) in [4.78, 5) is 11.2. The van der Waals surface area contributed by atoms with E-state index in [1.807, 2.05) is 0 Å². The standard InChI is InChI=1S/C9H7BrF2O2/c1-2-14-9(13)6-3-5(11)4-7(12)8(6)10/h3-4H,2H2,1H3. The first-order valence-corrected chi connectivity index (χ1v) is 4.67. The molecule has 0 bridgehead atoms. The third-order valence-electron chi connectivity index (χ3n) is 1.49. The van der Waals surface area contributed by atoms with Crippen molar-refractivity contribution < 1.29 is 18.3 Å². The maximum absolute atomic E-state index is 12.9. The fraction of sp³-hybridized carbons (Fsp3) is 0.222. The number of hydrogen-bond acceptors (Lipinski definition) is 2. The average Bonchev–Trinajstić information content (AvgIpc) is 2.11. The van der Waals surface area contributed by atoms with E-state index in [4.69, 9.17) is 0 Å². The van der Waals surface area contributed by atoms with Crippen molar-refractivity contribution >= 4 is 21.9 Å². The number of carbonyl (C=O) groups excluding carboxylic acids is 1. The number of benzene rings is 1. The molecule has 2 nitrogen and oxygen atoms in total. The molecule has 0 radical (unpaired) electrons. The van der Waals surface area contributed by atoms with E-state index in [1.165, 1.54) is 0 Å². The molecule has 0 heterocycles. The van der Waals surface area contributed by atoms with Crippen molar-refractivity contribution in [3.63, 3.8) is 0 Å². The molecule has 0 unspecified atom stereocenters. The number of rotatable bonds is 2. The number of hydrogen-bond donors (Lipinski definition) is 0. The summed E-state index contributed by atoms with van der Waals surface area (Å²) in [5.41, 5.74) is -0.149. The van der Waals surface area contributed by atoms with Crippen LogP contribution in [0.25, 0.3) is 0 Å². The Kier molecular flexibility index (Phi) is 3.57. The fourth-order valence-corrected chi connectivity index (χ4v) is 1.30. The lowest BCUT2D eigenvalue weighted by Crippen LogP contribution is -2.07. The number of esters is 1. The van der Waals surface area contributed by atoms with Crippen LogP contribution >= 0.6 is 15.9 Å². The fourth-order valence-electron chi connectivity index (χ4n) is 0.913. The number of halogens is 3. The summed E-state index contributed by atoms with van der Waals surface area (Å²) >= 11 is 2.84. The Morgan fingerprint density at radius 1 is 1.50 bits per heavy atom. The van der Waals surface area contributed by atoms with Gasteiger partial charge in [-0.3, -0.25) is 0 Å². The van der Waals surface area contributed by atoms with E-state index in [0.29, 0.717) is 6.07 Å². The summed E-state index contributed by atoms with van der Waals surface area (Å²) in [6.45, 7) is 1.77. The van der Waals surface area contributed by atoms with Crippen LogP contribution in [0, 0.1) is 11.6 Å². The van der Waals surface area contributed by atoms with Crippen LogP contribution in [0.15, 0.2) is 16.6 Å². The average molecular weight is 265 g/mol. The van der Waals surface area contributed by atoms with Gasteiger partial charge >= 0.3 is 5.97 Å². The molecule has 0 aromatic heterocycles. The summed E-state index contributed by atoms with van der Waals surface area (Å²) in [6, 6.07) is 1.61. The molecule has 0 amide bonds. The van der Waals surface area contributed by atoms with E-state index in [9.17, 15) is 13.6 Å². The Hall–Kier alpha value is -0.970. The van der Waals surface area contributed by atoms with Crippen LogP contribution in [-0.2, 0) is 4.74 Å². The minimum Gasteiger partial charge on any atom is -0.462 e. The van der Waals surface area contributed by atoms with Crippen molar-refractivity contribution in [3.8, 4) is 0 Å². The Morgan fingerprint density at radius 2 is 2.14 bits per heavy atom. The molecule has 0 N–H and O–H groups in total. The normalized spacial score (nSPS) is 10.0. The molecule has 76 valence electrons. The smallest absolute Gasteiger partial charge is 0.339 e. The SMILES string of the molecule is CCOC(=O)c1cc(F)cc(F)c1Br. The van der Waals surface area contributed by atoms with Gasteiger partial charge in [0.05, 0.1) is 16.6 Å². The van der Waals surface area contributed by atoms with Gasteiger partial charge in [-0.2, -0.15) is 0 Å². The van der Waals surface area contributed by atoms with Crippen LogP contribution in [0.1, 0.15) is 17.3 Å². The summed E-state index contributed by atoms with van der Waals surface area (Å²) in [5.74, 6) is -2.39. The highest BCUT2D eigenvalue weighted by Crippen LogP contribution is 2.22. The van der Waals surface area contributed by atoms with Crippen LogP contribution < -0.4 is 0 Å². The van der Waals surface area contributed by atoms with E-state index in [-0.39, 0.29) is 16.6 Å². The zero-order chi connectivity index (χ0) is 10.7. The van der Waals surface area contributed by atoms with Crippen LogP contribution in [0.4, 0.5) is 8.78 Å². The Morgan fingerprint density at radius 3 is 2.71 bits per heavy atom. The van der Waals surface area contributed by atoms with Crippen molar-refractivity contribution in [3.05, 3.63) is 33.8 Å². The second-order valence-electron chi connectivity index (χ2n) is 2.47. The van der Waals surface area contributed by atoms with Gasteiger partial charge in [0.1, 0.15) is 11.6 Å². The zero-order valence-electron chi connectivity index (χ0n) is 7.31. The van der Waals surface area contributed by atoms with Crippen LogP contribution in [-0.4, -0.2) is 12.6 Å². The Labute approximate surface area is 88.0 Å². The number of ether oxygens (including phenoxy) is 1. The summed E-state index contributed by atoms with van der Waals surface area (Å²) in [6.07, 6.45) is 0. The van der Waals surface area contributed by atoms with Crippen molar-refractivity contribution in [2.75, 3.05) is 6.61 Å². The van der Waals surface area contributed by atoms with Crippen molar-refractivity contribution in [2.24, 2.45) is 0 Å².